The van der Waals surface area contributed by atoms with Crippen LogP contribution in [-0.2, 0) is 11.8 Å². The van der Waals surface area contributed by atoms with E-state index >= 15 is 0 Å². The summed E-state index contributed by atoms with van der Waals surface area (Å²) in [4.78, 5) is 31.7. The highest BCUT2D eigenvalue weighted by Crippen LogP contribution is 2.19. The van der Waals surface area contributed by atoms with Crippen molar-refractivity contribution in [2.75, 3.05) is 5.75 Å². The lowest BCUT2D eigenvalue weighted by Gasteiger charge is -2.12. The van der Waals surface area contributed by atoms with Crippen LogP contribution in [0, 0.1) is 6.92 Å². The molecule has 7 heteroatoms. The van der Waals surface area contributed by atoms with Gasteiger partial charge in [0.05, 0.1) is 11.3 Å². The number of fused-ring (bicyclic) bond motifs is 1. The largest absolute Gasteiger partial charge is 0.353 e. The second kappa shape index (κ2) is 6.16. The van der Waals surface area contributed by atoms with E-state index in [1.165, 1.54) is 29.2 Å². The number of carbonyl (C=O) groups is 1. The first kappa shape index (κ1) is 15.1. The van der Waals surface area contributed by atoms with Crippen LogP contribution in [0.15, 0.2) is 16.0 Å². The van der Waals surface area contributed by atoms with Crippen LogP contribution >= 0.6 is 11.8 Å². The first-order chi connectivity index (χ1) is 10.5. The van der Waals surface area contributed by atoms with Crippen molar-refractivity contribution in [1.29, 1.82) is 0 Å². The Balaban J connectivity index is 1.71. The van der Waals surface area contributed by atoms with Gasteiger partial charge in [-0.3, -0.25) is 14.2 Å². The van der Waals surface area contributed by atoms with Crippen LogP contribution in [-0.4, -0.2) is 32.2 Å². The molecule has 1 saturated carbocycles. The number of hydrogen-bond donors (Lipinski definition) is 2. The molecule has 22 heavy (non-hydrogen) atoms. The Labute approximate surface area is 132 Å². The van der Waals surface area contributed by atoms with Crippen LogP contribution in [0.25, 0.3) is 11.0 Å². The summed E-state index contributed by atoms with van der Waals surface area (Å²) in [5.74, 6) is 0.294. The second-order valence-electron chi connectivity index (χ2n) is 5.81. The fraction of sp³-hybridized carbons (Fsp3) is 0.533. The van der Waals surface area contributed by atoms with Crippen LogP contribution in [0.5, 0.6) is 0 Å². The van der Waals surface area contributed by atoms with E-state index in [-0.39, 0.29) is 17.2 Å². The molecule has 2 N–H and O–H groups in total. The van der Waals surface area contributed by atoms with Gasteiger partial charge in [0.2, 0.25) is 5.91 Å². The molecule has 6 nitrogen and oxygen atoms in total. The molecule has 3 rings (SSSR count). The van der Waals surface area contributed by atoms with Crippen molar-refractivity contribution in [2.45, 2.75) is 43.8 Å². The Hall–Kier alpha value is -1.76. The maximum absolute atomic E-state index is 12.3. The van der Waals surface area contributed by atoms with Crippen LogP contribution in [0.1, 0.15) is 31.4 Å². The molecule has 0 atom stereocenters. The van der Waals surface area contributed by atoms with Crippen molar-refractivity contribution in [3.05, 3.63) is 22.1 Å². The summed E-state index contributed by atoms with van der Waals surface area (Å²) in [7, 11) is 1.68. The number of aromatic nitrogens is 3. The number of amides is 1. The Kier molecular flexibility index (Phi) is 4.24. The highest BCUT2D eigenvalue weighted by atomic mass is 32.2. The molecule has 1 aliphatic rings. The first-order valence-electron chi connectivity index (χ1n) is 7.53. The Morgan fingerprint density at radius 3 is 2.95 bits per heavy atom. The normalized spacial score (nSPS) is 15.5. The molecule has 0 saturated heterocycles. The number of rotatable bonds is 4. The molecule has 1 amide bonds. The van der Waals surface area contributed by atoms with E-state index in [1.807, 2.05) is 13.0 Å². The minimum Gasteiger partial charge on any atom is -0.353 e. The summed E-state index contributed by atoms with van der Waals surface area (Å²) in [6, 6.07) is 2.17. The Bertz CT molecular complexity index is 759. The summed E-state index contributed by atoms with van der Waals surface area (Å²) in [5, 5.41) is 3.61. The zero-order valence-corrected chi connectivity index (χ0v) is 13.6. The average molecular weight is 320 g/mol. The molecule has 0 unspecified atom stereocenters. The van der Waals surface area contributed by atoms with Gasteiger partial charge in [0.25, 0.3) is 5.56 Å². The number of nitrogens with one attached hydrogen (secondary N) is 2. The van der Waals surface area contributed by atoms with E-state index in [1.54, 1.807) is 7.05 Å². The van der Waals surface area contributed by atoms with Crippen molar-refractivity contribution in [1.82, 2.24) is 19.9 Å². The molecule has 2 aromatic rings. The molecule has 2 aromatic heterocycles. The molecule has 1 aliphatic carbocycles. The molecule has 0 radical (unpaired) electrons. The predicted octanol–water partition coefficient (Wildman–Crippen LogP) is 1.72. The van der Waals surface area contributed by atoms with Crippen molar-refractivity contribution < 1.29 is 4.79 Å². The quantitative estimate of drug-likeness (QED) is 0.664. The van der Waals surface area contributed by atoms with E-state index in [4.69, 9.17) is 0 Å². The minimum atomic E-state index is -0.114. The summed E-state index contributed by atoms with van der Waals surface area (Å²) in [6.07, 6.45) is 4.53. The third-order valence-corrected chi connectivity index (χ3v) is 5.04. The zero-order valence-electron chi connectivity index (χ0n) is 12.8. The highest BCUT2D eigenvalue weighted by Gasteiger charge is 2.18. The van der Waals surface area contributed by atoms with Gasteiger partial charge in [-0.15, -0.1) is 0 Å². The van der Waals surface area contributed by atoms with E-state index in [2.05, 4.69) is 15.3 Å². The topological polar surface area (TPSA) is 79.8 Å². The predicted molar refractivity (Wildman–Crippen MR) is 87.2 cm³/mol. The van der Waals surface area contributed by atoms with Gasteiger partial charge >= 0.3 is 0 Å². The molecule has 0 aliphatic heterocycles. The monoisotopic (exact) mass is 320 g/mol. The Morgan fingerprint density at radius 1 is 1.50 bits per heavy atom. The third kappa shape index (κ3) is 3.04. The van der Waals surface area contributed by atoms with Gasteiger partial charge in [-0.05, 0) is 25.8 Å². The van der Waals surface area contributed by atoms with Gasteiger partial charge in [0.1, 0.15) is 5.52 Å². The second-order valence-corrected chi connectivity index (χ2v) is 6.75. The smallest absolute Gasteiger partial charge is 0.278 e. The molecule has 0 aromatic carbocycles. The van der Waals surface area contributed by atoms with E-state index in [0.717, 1.165) is 18.5 Å². The van der Waals surface area contributed by atoms with Gasteiger partial charge in [-0.25, -0.2) is 4.98 Å². The fourth-order valence-corrected chi connectivity index (χ4v) is 3.64. The number of H-pyrrole nitrogens is 1. The van der Waals surface area contributed by atoms with Gasteiger partial charge < -0.3 is 10.3 Å². The van der Waals surface area contributed by atoms with Crippen molar-refractivity contribution in [3.8, 4) is 0 Å². The van der Waals surface area contributed by atoms with Gasteiger partial charge in [0.15, 0.2) is 5.16 Å². The SMILES string of the molecule is Cc1cc2nc(SCC(=O)NC3CCCC3)n(C)c(=O)c2[nH]1. The lowest BCUT2D eigenvalue weighted by Crippen LogP contribution is -2.34. The lowest BCUT2D eigenvalue weighted by atomic mass is 10.2. The van der Waals surface area contributed by atoms with Crippen molar-refractivity contribution in [3.63, 3.8) is 0 Å². The number of aryl methyl sites for hydroxylation is 1. The number of aromatic amines is 1. The van der Waals surface area contributed by atoms with Crippen LogP contribution < -0.4 is 10.9 Å². The van der Waals surface area contributed by atoms with E-state index in [0.29, 0.717) is 22.2 Å². The lowest BCUT2D eigenvalue weighted by molar-refractivity contribution is -0.119. The summed E-state index contributed by atoms with van der Waals surface area (Å²) in [6.45, 7) is 1.89. The number of hydrogen-bond acceptors (Lipinski definition) is 4. The van der Waals surface area contributed by atoms with E-state index in [9.17, 15) is 9.59 Å². The molecule has 118 valence electrons. The maximum atomic E-state index is 12.3. The molecule has 0 bridgehead atoms. The highest BCUT2D eigenvalue weighted by molar-refractivity contribution is 7.99. The summed E-state index contributed by atoms with van der Waals surface area (Å²) < 4.78 is 1.49. The summed E-state index contributed by atoms with van der Waals surface area (Å²) >= 11 is 1.30. The van der Waals surface area contributed by atoms with Crippen molar-refractivity contribution in [2.24, 2.45) is 7.05 Å². The molecule has 0 spiro atoms. The zero-order chi connectivity index (χ0) is 15.7. The number of thioether (sulfide) groups is 1. The third-order valence-electron chi connectivity index (χ3n) is 4.01. The number of nitrogens with zero attached hydrogens (tertiary/aromatic N) is 2. The Morgan fingerprint density at radius 2 is 2.23 bits per heavy atom. The molecular weight excluding hydrogens is 300 g/mol. The maximum Gasteiger partial charge on any atom is 0.278 e. The molecular formula is C15H20N4O2S. The average Bonchev–Trinajstić information content (AvgIpc) is 3.10. The first-order valence-corrected chi connectivity index (χ1v) is 8.51. The van der Waals surface area contributed by atoms with Crippen LogP contribution in [0.3, 0.4) is 0 Å². The van der Waals surface area contributed by atoms with E-state index < -0.39 is 0 Å². The molecule has 2 heterocycles. The standard InChI is InChI=1S/C15H20N4O2S/c1-9-7-11-13(16-9)14(21)19(2)15(18-11)22-8-12(20)17-10-5-3-4-6-10/h7,10,16H,3-6,8H2,1-2H3,(H,17,20). The van der Waals surface area contributed by atoms with Gasteiger partial charge in [-0.1, -0.05) is 24.6 Å². The summed E-state index contributed by atoms with van der Waals surface area (Å²) in [5.41, 5.74) is 1.96. The van der Waals surface area contributed by atoms with Gasteiger partial charge in [-0.2, -0.15) is 0 Å². The fourth-order valence-electron chi connectivity index (χ4n) is 2.86. The van der Waals surface area contributed by atoms with Gasteiger partial charge in [0, 0.05) is 18.8 Å². The minimum absolute atomic E-state index is 0.0106. The van der Waals surface area contributed by atoms with Crippen LogP contribution in [0.2, 0.25) is 0 Å². The van der Waals surface area contributed by atoms with Crippen LogP contribution in [0.4, 0.5) is 0 Å². The van der Waals surface area contributed by atoms with Crippen molar-refractivity contribution >= 4 is 28.7 Å². The molecule has 1 fully saturated rings. The number of carbonyl (C=O) groups excluding carboxylic acids is 1.